The maximum Gasteiger partial charge on any atom is 0.213 e. The molecule has 0 aliphatic rings. The Labute approximate surface area is 129 Å². The number of carbonyl (C=O) groups is 1. The van der Waals surface area contributed by atoms with Gasteiger partial charge in [-0.15, -0.1) is 11.6 Å². The number of pyridine rings is 1. The van der Waals surface area contributed by atoms with Crippen molar-refractivity contribution in [2.24, 2.45) is 0 Å². The number of aryl methyl sites for hydroxylation is 1. The molecule has 1 atom stereocenters. The second-order valence-corrected chi connectivity index (χ2v) is 5.54. The normalized spacial score (nSPS) is 12.2. The number of hydrogen-bond donors (Lipinski definition) is 0. The molecule has 2 rings (SSSR count). The van der Waals surface area contributed by atoms with Crippen LogP contribution in [0.3, 0.4) is 0 Å². The van der Waals surface area contributed by atoms with Crippen molar-refractivity contribution in [1.29, 1.82) is 0 Å². The molecule has 0 aliphatic carbocycles. The van der Waals surface area contributed by atoms with Gasteiger partial charge in [-0.1, -0.05) is 0 Å². The van der Waals surface area contributed by atoms with Gasteiger partial charge in [0.2, 0.25) is 5.88 Å². The lowest BCUT2D eigenvalue weighted by molar-refractivity contribution is 0.0991. The number of ketones is 1. The van der Waals surface area contributed by atoms with Crippen LogP contribution in [0.5, 0.6) is 5.88 Å². The van der Waals surface area contributed by atoms with Crippen LogP contribution in [-0.4, -0.2) is 27.3 Å². The molecule has 5 heteroatoms. The summed E-state index contributed by atoms with van der Waals surface area (Å²) in [5.74, 6) is 0.532. The smallest absolute Gasteiger partial charge is 0.213 e. The van der Waals surface area contributed by atoms with Crippen molar-refractivity contribution in [3.8, 4) is 11.6 Å². The monoisotopic (exact) mass is 306 g/mol. The van der Waals surface area contributed by atoms with Gasteiger partial charge in [0.1, 0.15) is 0 Å². The van der Waals surface area contributed by atoms with Gasteiger partial charge in [-0.25, -0.2) is 4.98 Å². The van der Waals surface area contributed by atoms with E-state index in [0.29, 0.717) is 18.1 Å². The molecule has 2 heterocycles. The summed E-state index contributed by atoms with van der Waals surface area (Å²) in [5, 5.41) is -0.530. The number of ether oxygens (including phenoxy) is 1. The van der Waals surface area contributed by atoms with Crippen LogP contribution in [0.2, 0.25) is 0 Å². The summed E-state index contributed by atoms with van der Waals surface area (Å²) >= 11 is 5.91. The number of alkyl halides is 1. The molecule has 0 fully saturated rings. The van der Waals surface area contributed by atoms with Gasteiger partial charge >= 0.3 is 0 Å². The fourth-order valence-corrected chi connectivity index (χ4v) is 2.48. The lowest BCUT2D eigenvalue weighted by Crippen LogP contribution is -2.11. The molecule has 0 saturated heterocycles. The number of aromatic nitrogens is 2. The molecule has 0 saturated carbocycles. The van der Waals surface area contributed by atoms with Crippen LogP contribution < -0.4 is 4.74 Å². The van der Waals surface area contributed by atoms with Gasteiger partial charge in [0, 0.05) is 23.0 Å². The molecule has 2 aromatic rings. The van der Waals surface area contributed by atoms with E-state index in [9.17, 15) is 4.79 Å². The summed E-state index contributed by atoms with van der Waals surface area (Å²) < 4.78 is 7.34. The molecule has 0 N–H and O–H groups in total. The Hall–Kier alpha value is -1.81. The standard InChI is InChI=1S/C16H19ClN2O2/c1-5-21-15-7-6-13(9-18-15)19-10(2)8-14(12(19)4)16(20)11(3)17/h6-9,11H,5H2,1-4H3. The van der Waals surface area contributed by atoms with E-state index in [0.717, 1.165) is 17.1 Å². The Morgan fingerprint density at radius 1 is 1.43 bits per heavy atom. The first-order valence-corrected chi connectivity index (χ1v) is 7.35. The number of halogens is 1. The predicted octanol–water partition coefficient (Wildman–Crippen LogP) is 3.70. The molecule has 0 radical (unpaired) electrons. The van der Waals surface area contributed by atoms with Gasteiger partial charge in [0.25, 0.3) is 0 Å². The van der Waals surface area contributed by atoms with Crippen LogP contribution >= 0.6 is 11.6 Å². The molecule has 0 aliphatic heterocycles. The second-order valence-electron chi connectivity index (χ2n) is 4.89. The van der Waals surface area contributed by atoms with Gasteiger partial charge in [0.05, 0.1) is 23.9 Å². The quantitative estimate of drug-likeness (QED) is 0.625. The minimum Gasteiger partial charge on any atom is -0.478 e. The van der Waals surface area contributed by atoms with Gasteiger partial charge in [-0.3, -0.25) is 4.79 Å². The van der Waals surface area contributed by atoms with Gasteiger partial charge in [-0.2, -0.15) is 0 Å². The topological polar surface area (TPSA) is 44.1 Å². The van der Waals surface area contributed by atoms with Crippen molar-refractivity contribution in [2.45, 2.75) is 33.1 Å². The van der Waals surface area contributed by atoms with Crippen LogP contribution in [0.15, 0.2) is 24.4 Å². The highest BCUT2D eigenvalue weighted by atomic mass is 35.5. The first kappa shape index (κ1) is 15.6. The van der Waals surface area contributed by atoms with Crippen molar-refractivity contribution < 1.29 is 9.53 Å². The third-order valence-electron chi connectivity index (χ3n) is 3.33. The molecular weight excluding hydrogens is 288 g/mol. The summed E-state index contributed by atoms with van der Waals surface area (Å²) in [5.41, 5.74) is 3.40. The average molecular weight is 307 g/mol. The zero-order valence-electron chi connectivity index (χ0n) is 12.7. The molecule has 0 aromatic carbocycles. The van der Waals surface area contributed by atoms with E-state index >= 15 is 0 Å². The first-order chi connectivity index (χ1) is 9.95. The fourth-order valence-electron chi connectivity index (χ4n) is 2.36. The van der Waals surface area contributed by atoms with Gasteiger partial charge in [0.15, 0.2) is 5.78 Å². The molecule has 0 spiro atoms. The van der Waals surface area contributed by atoms with Crippen LogP contribution in [-0.2, 0) is 0 Å². The van der Waals surface area contributed by atoms with Crippen molar-refractivity contribution >= 4 is 17.4 Å². The molecular formula is C16H19ClN2O2. The Bertz CT molecular complexity index is 645. The minimum absolute atomic E-state index is 0.0603. The van der Waals surface area contributed by atoms with Crippen molar-refractivity contribution in [1.82, 2.24) is 9.55 Å². The van der Waals surface area contributed by atoms with E-state index in [-0.39, 0.29) is 5.78 Å². The summed E-state index contributed by atoms with van der Waals surface area (Å²) in [4.78, 5) is 16.4. The molecule has 112 valence electrons. The predicted molar refractivity (Wildman–Crippen MR) is 83.9 cm³/mol. The van der Waals surface area contributed by atoms with Crippen molar-refractivity contribution in [3.05, 3.63) is 41.3 Å². The van der Waals surface area contributed by atoms with E-state index in [1.807, 2.05) is 43.5 Å². The van der Waals surface area contributed by atoms with Crippen LogP contribution in [0.4, 0.5) is 0 Å². The third-order valence-corrected chi connectivity index (χ3v) is 3.53. The van der Waals surface area contributed by atoms with Gasteiger partial charge in [-0.05, 0) is 39.8 Å². The Kier molecular flexibility index (Phi) is 4.68. The van der Waals surface area contributed by atoms with E-state index in [4.69, 9.17) is 16.3 Å². The third kappa shape index (κ3) is 3.10. The zero-order valence-corrected chi connectivity index (χ0v) is 13.4. The molecule has 4 nitrogen and oxygen atoms in total. The Balaban J connectivity index is 2.42. The highest BCUT2D eigenvalue weighted by Gasteiger charge is 2.20. The van der Waals surface area contributed by atoms with Crippen molar-refractivity contribution in [3.63, 3.8) is 0 Å². The minimum atomic E-state index is -0.530. The maximum atomic E-state index is 12.1. The highest BCUT2D eigenvalue weighted by molar-refractivity contribution is 6.33. The van der Waals surface area contributed by atoms with Crippen LogP contribution in [0.1, 0.15) is 35.6 Å². The van der Waals surface area contributed by atoms with Crippen molar-refractivity contribution in [2.75, 3.05) is 6.61 Å². The zero-order chi connectivity index (χ0) is 15.6. The van der Waals surface area contributed by atoms with Crippen LogP contribution in [0.25, 0.3) is 5.69 Å². The summed E-state index contributed by atoms with van der Waals surface area (Å²) in [7, 11) is 0. The number of carbonyl (C=O) groups excluding carboxylic acids is 1. The SMILES string of the molecule is CCOc1ccc(-n2c(C)cc(C(=O)C(C)Cl)c2C)cn1. The largest absolute Gasteiger partial charge is 0.478 e. The molecule has 0 amide bonds. The van der Waals surface area contributed by atoms with E-state index in [1.165, 1.54) is 0 Å². The number of rotatable bonds is 5. The number of nitrogens with zero attached hydrogens (tertiary/aromatic N) is 2. The number of Topliss-reactive ketones (excluding diaryl/α,β-unsaturated/α-hetero) is 1. The van der Waals surface area contributed by atoms with E-state index < -0.39 is 5.38 Å². The number of hydrogen-bond acceptors (Lipinski definition) is 3. The molecule has 1 unspecified atom stereocenters. The maximum absolute atomic E-state index is 12.1. The first-order valence-electron chi connectivity index (χ1n) is 6.92. The lowest BCUT2D eigenvalue weighted by Gasteiger charge is -2.10. The molecule has 0 bridgehead atoms. The second kappa shape index (κ2) is 6.31. The molecule has 2 aromatic heterocycles. The van der Waals surface area contributed by atoms with E-state index in [2.05, 4.69) is 4.98 Å². The Morgan fingerprint density at radius 3 is 2.67 bits per heavy atom. The van der Waals surface area contributed by atoms with Gasteiger partial charge < -0.3 is 9.30 Å². The van der Waals surface area contributed by atoms with E-state index in [1.54, 1.807) is 13.1 Å². The molecule has 21 heavy (non-hydrogen) atoms. The Morgan fingerprint density at radius 2 is 2.14 bits per heavy atom. The summed E-state index contributed by atoms with van der Waals surface area (Å²) in [6.07, 6.45) is 1.74. The lowest BCUT2D eigenvalue weighted by atomic mass is 10.1. The van der Waals surface area contributed by atoms with Crippen LogP contribution in [0, 0.1) is 13.8 Å². The summed E-state index contributed by atoms with van der Waals surface area (Å²) in [6.45, 7) is 8.06. The highest BCUT2D eigenvalue weighted by Crippen LogP contribution is 2.23. The fraction of sp³-hybridized carbons (Fsp3) is 0.375. The average Bonchev–Trinajstić information content (AvgIpc) is 2.74. The summed E-state index contributed by atoms with van der Waals surface area (Å²) in [6, 6.07) is 5.62.